The van der Waals surface area contributed by atoms with E-state index in [1.807, 2.05) is 31.4 Å². The SMILES string of the molecule is CC.N#CSc1ccc(N)cc1. The van der Waals surface area contributed by atoms with Crippen LogP contribution in [0.2, 0.25) is 0 Å². The first-order chi connectivity index (χ1) is 5.83. The van der Waals surface area contributed by atoms with Crippen LogP contribution in [0.25, 0.3) is 0 Å². The van der Waals surface area contributed by atoms with E-state index in [2.05, 4.69) is 0 Å². The van der Waals surface area contributed by atoms with Gasteiger partial charge in [0, 0.05) is 10.6 Å². The number of nitrogens with zero attached hydrogens (tertiary/aromatic N) is 1. The predicted molar refractivity (Wildman–Crippen MR) is 53.7 cm³/mol. The molecule has 0 amide bonds. The predicted octanol–water partition coefficient (Wildman–Crippen LogP) is 2.87. The van der Waals surface area contributed by atoms with E-state index in [9.17, 15) is 0 Å². The van der Waals surface area contributed by atoms with Gasteiger partial charge in [0.05, 0.1) is 0 Å². The molecular weight excluding hydrogens is 168 g/mol. The van der Waals surface area contributed by atoms with Gasteiger partial charge < -0.3 is 5.73 Å². The van der Waals surface area contributed by atoms with E-state index in [-0.39, 0.29) is 0 Å². The van der Waals surface area contributed by atoms with Crippen LogP contribution in [-0.4, -0.2) is 0 Å². The zero-order valence-electron chi connectivity index (χ0n) is 7.24. The molecule has 0 radical (unpaired) electrons. The summed E-state index contributed by atoms with van der Waals surface area (Å²) in [4.78, 5) is 0.928. The second-order valence-corrected chi connectivity index (χ2v) is 2.62. The summed E-state index contributed by atoms with van der Waals surface area (Å²) < 4.78 is 0. The van der Waals surface area contributed by atoms with Crippen molar-refractivity contribution in [3.8, 4) is 5.40 Å². The maximum Gasteiger partial charge on any atom is 0.138 e. The minimum absolute atomic E-state index is 0.724. The number of nitrogen functional groups attached to an aromatic ring is 1. The lowest BCUT2D eigenvalue weighted by Crippen LogP contribution is -1.81. The molecule has 0 aliphatic carbocycles. The molecule has 0 spiro atoms. The highest BCUT2D eigenvalue weighted by molar-refractivity contribution is 8.03. The average Bonchev–Trinajstić information content (AvgIpc) is 2.13. The Morgan fingerprint density at radius 1 is 1.25 bits per heavy atom. The van der Waals surface area contributed by atoms with E-state index >= 15 is 0 Å². The van der Waals surface area contributed by atoms with Gasteiger partial charge in [0.2, 0.25) is 0 Å². The van der Waals surface area contributed by atoms with E-state index in [1.165, 1.54) is 0 Å². The molecule has 0 bridgehead atoms. The summed E-state index contributed by atoms with van der Waals surface area (Å²) in [5, 5.41) is 10.2. The minimum Gasteiger partial charge on any atom is -0.399 e. The third kappa shape index (κ3) is 3.89. The van der Waals surface area contributed by atoms with Crippen LogP contribution >= 0.6 is 11.8 Å². The van der Waals surface area contributed by atoms with E-state index < -0.39 is 0 Å². The summed E-state index contributed by atoms with van der Waals surface area (Å²) in [6.07, 6.45) is 0. The number of rotatable bonds is 1. The van der Waals surface area contributed by atoms with Crippen molar-refractivity contribution < 1.29 is 0 Å². The fourth-order valence-electron chi connectivity index (χ4n) is 0.589. The topological polar surface area (TPSA) is 49.8 Å². The van der Waals surface area contributed by atoms with Crippen molar-refractivity contribution in [3.63, 3.8) is 0 Å². The Hall–Kier alpha value is -1.14. The van der Waals surface area contributed by atoms with Crippen molar-refractivity contribution in [1.82, 2.24) is 0 Å². The second kappa shape index (κ2) is 6.56. The van der Waals surface area contributed by atoms with Gasteiger partial charge in [0.25, 0.3) is 0 Å². The summed E-state index contributed by atoms with van der Waals surface area (Å²) in [6.45, 7) is 4.00. The van der Waals surface area contributed by atoms with Crippen molar-refractivity contribution in [3.05, 3.63) is 24.3 Å². The number of hydrogen-bond acceptors (Lipinski definition) is 3. The van der Waals surface area contributed by atoms with Crippen LogP contribution in [0.5, 0.6) is 0 Å². The van der Waals surface area contributed by atoms with Gasteiger partial charge in [0.15, 0.2) is 0 Å². The van der Waals surface area contributed by atoms with Crippen molar-refractivity contribution in [2.75, 3.05) is 5.73 Å². The standard InChI is InChI=1S/C7H6N2S.C2H6/c8-5-10-7-3-1-6(9)2-4-7;1-2/h1-4H,9H2;1-2H3. The minimum atomic E-state index is 0.724. The molecule has 1 rings (SSSR count). The first kappa shape index (κ1) is 10.9. The number of benzene rings is 1. The molecule has 2 nitrogen and oxygen atoms in total. The molecule has 3 heteroatoms. The molecule has 0 atom stereocenters. The molecule has 0 heterocycles. The zero-order chi connectivity index (χ0) is 9.40. The number of nitriles is 1. The highest BCUT2D eigenvalue weighted by Crippen LogP contribution is 2.16. The van der Waals surface area contributed by atoms with Crippen molar-refractivity contribution in [2.24, 2.45) is 0 Å². The lowest BCUT2D eigenvalue weighted by atomic mass is 10.3. The van der Waals surface area contributed by atoms with Crippen molar-refractivity contribution in [2.45, 2.75) is 18.7 Å². The van der Waals surface area contributed by atoms with Crippen LogP contribution in [0.3, 0.4) is 0 Å². The van der Waals surface area contributed by atoms with E-state index in [4.69, 9.17) is 11.0 Å². The molecule has 64 valence electrons. The van der Waals surface area contributed by atoms with E-state index in [0.29, 0.717) is 0 Å². The monoisotopic (exact) mass is 180 g/mol. The summed E-state index contributed by atoms with van der Waals surface area (Å²) >= 11 is 1.13. The number of hydrogen-bond donors (Lipinski definition) is 1. The molecule has 0 saturated heterocycles. The van der Waals surface area contributed by atoms with Gasteiger partial charge in [-0.25, -0.2) is 0 Å². The van der Waals surface area contributed by atoms with Gasteiger partial charge >= 0.3 is 0 Å². The zero-order valence-corrected chi connectivity index (χ0v) is 8.06. The molecular formula is C9H12N2S. The Balaban J connectivity index is 0.000000561. The highest BCUT2D eigenvalue weighted by Gasteiger charge is 1.89. The smallest absolute Gasteiger partial charge is 0.138 e. The van der Waals surface area contributed by atoms with Crippen LogP contribution in [-0.2, 0) is 0 Å². The van der Waals surface area contributed by atoms with Gasteiger partial charge in [-0.2, -0.15) is 5.26 Å². The van der Waals surface area contributed by atoms with E-state index in [1.54, 1.807) is 12.1 Å². The molecule has 2 N–H and O–H groups in total. The van der Waals surface area contributed by atoms with E-state index in [0.717, 1.165) is 22.3 Å². The molecule has 0 saturated carbocycles. The molecule has 1 aromatic rings. The normalized spacial score (nSPS) is 7.75. The summed E-state index contributed by atoms with van der Waals surface area (Å²) in [6, 6.07) is 7.20. The average molecular weight is 180 g/mol. The quantitative estimate of drug-likeness (QED) is 0.410. The molecule has 0 aliphatic rings. The maximum absolute atomic E-state index is 8.27. The van der Waals surface area contributed by atoms with Gasteiger partial charge in [-0.1, -0.05) is 13.8 Å². The fraction of sp³-hybridized carbons (Fsp3) is 0.222. The van der Waals surface area contributed by atoms with Crippen LogP contribution in [0.15, 0.2) is 29.2 Å². The molecule has 0 aliphatic heterocycles. The lowest BCUT2D eigenvalue weighted by Gasteiger charge is -1.92. The van der Waals surface area contributed by atoms with Crippen LogP contribution in [0, 0.1) is 10.7 Å². The summed E-state index contributed by atoms with van der Waals surface area (Å²) in [7, 11) is 0. The van der Waals surface area contributed by atoms with Gasteiger partial charge in [-0.05, 0) is 36.0 Å². The maximum atomic E-state index is 8.27. The Bertz CT molecular complexity index is 248. The molecule has 12 heavy (non-hydrogen) atoms. The molecule has 0 fully saturated rings. The first-order valence-electron chi connectivity index (χ1n) is 3.74. The number of thiocyanates is 1. The van der Waals surface area contributed by atoms with Gasteiger partial charge in [-0.15, -0.1) is 0 Å². The molecule has 0 unspecified atom stereocenters. The fourth-order valence-corrected chi connectivity index (χ4v) is 0.966. The van der Waals surface area contributed by atoms with Gasteiger partial charge in [0.1, 0.15) is 5.40 Å². The number of thioether (sulfide) groups is 1. The first-order valence-corrected chi connectivity index (χ1v) is 4.56. The Kier molecular flexibility index (Phi) is 5.94. The lowest BCUT2D eigenvalue weighted by molar-refractivity contribution is 1.47. The summed E-state index contributed by atoms with van der Waals surface area (Å²) in [5.41, 5.74) is 6.16. The number of anilines is 1. The third-order valence-electron chi connectivity index (χ3n) is 1.04. The largest absolute Gasteiger partial charge is 0.399 e. The number of nitrogens with two attached hydrogens (primary N) is 1. The summed E-state index contributed by atoms with van der Waals surface area (Å²) in [5.74, 6) is 0. The Morgan fingerprint density at radius 3 is 2.17 bits per heavy atom. The molecule has 1 aromatic carbocycles. The molecule has 0 aromatic heterocycles. The van der Waals surface area contributed by atoms with Crippen molar-refractivity contribution >= 4 is 17.4 Å². The van der Waals surface area contributed by atoms with Crippen molar-refractivity contribution in [1.29, 1.82) is 5.26 Å². The van der Waals surface area contributed by atoms with Gasteiger partial charge in [-0.3, -0.25) is 0 Å². The Labute approximate surface area is 77.4 Å². The Morgan fingerprint density at radius 2 is 1.75 bits per heavy atom. The van der Waals surface area contributed by atoms with Crippen LogP contribution in [0.1, 0.15) is 13.8 Å². The second-order valence-electron chi connectivity index (χ2n) is 1.76. The third-order valence-corrected chi connectivity index (χ3v) is 1.64. The van der Waals surface area contributed by atoms with Crippen LogP contribution in [0.4, 0.5) is 5.69 Å². The van der Waals surface area contributed by atoms with Crippen LogP contribution < -0.4 is 5.73 Å². The highest BCUT2D eigenvalue weighted by atomic mass is 32.2.